The average Bonchev–Trinajstić information content (AvgIpc) is 2.86. The summed E-state index contributed by atoms with van der Waals surface area (Å²) >= 11 is 0. The normalized spacial score (nSPS) is 23.5. The van der Waals surface area contributed by atoms with Gasteiger partial charge in [-0.1, -0.05) is 13.3 Å². The third kappa shape index (κ3) is 6.14. The van der Waals surface area contributed by atoms with E-state index in [-0.39, 0.29) is 6.61 Å². The Labute approximate surface area is 111 Å². The number of hydrogen-bond acceptors (Lipinski definition) is 4. The van der Waals surface area contributed by atoms with Crippen molar-refractivity contribution in [3.8, 4) is 0 Å². The maximum atomic E-state index is 9.09. The Morgan fingerprint density at radius 3 is 2.78 bits per heavy atom. The molecule has 0 aromatic rings. The van der Waals surface area contributed by atoms with Gasteiger partial charge in [-0.15, -0.1) is 0 Å². The van der Waals surface area contributed by atoms with Crippen LogP contribution in [-0.2, 0) is 4.74 Å². The van der Waals surface area contributed by atoms with Crippen LogP contribution in [0.5, 0.6) is 0 Å². The molecule has 1 aliphatic heterocycles. The van der Waals surface area contributed by atoms with E-state index in [1.165, 1.54) is 12.8 Å². The SMILES string of the molecule is CCN(CCCCC(C)(N)CO)CC1CCCO1. The fourth-order valence-electron chi connectivity index (χ4n) is 2.40. The number of likely N-dealkylation sites (N-methyl/N-ethyl adjacent to an activating group) is 1. The Morgan fingerprint density at radius 1 is 1.44 bits per heavy atom. The number of nitrogens with zero attached hydrogens (tertiary/aromatic N) is 1. The first kappa shape index (κ1) is 15.9. The van der Waals surface area contributed by atoms with E-state index in [0.717, 1.165) is 45.5 Å². The first-order valence-electron chi connectivity index (χ1n) is 7.31. The topological polar surface area (TPSA) is 58.7 Å². The van der Waals surface area contributed by atoms with Gasteiger partial charge in [0.15, 0.2) is 0 Å². The Morgan fingerprint density at radius 2 is 2.22 bits per heavy atom. The summed E-state index contributed by atoms with van der Waals surface area (Å²) in [7, 11) is 0. The maximum Gasteiger partial charge on any atom is 0.0702 e. The molecule has 2 unspecified atom stereocenters. The van der Waals surface area contributed by atoms with Crippen LogP contribution in [0.4, 0.5) is 0 Å². The highest BCUT2D eigenvalue weighted by atomic mass is 16.5. The summed E-state index contributed by atoms with van der Waals surface area (Å²) in [6.07, 6.45) is 5.98. The number of nitrogens with two attached hydrogens (primary N) is 1. The van der Waals surface area contributed by atoms with Crippen molar-refractivity contribution in [1.29, 1.82) is 0 Å². The molecule has 1 aliphatic rings. The molecule has 108 valence electrons. The van der Waals surface area contributed by atoms with Crippen LogP contribution in [0.3, 0.4) is 0 Å². The quantitative estimate of drug-likeness (QED) is 0.613. The summed E-state index contributed by atoms with van der Waals surface area (Å²) in [6, 6.07) is 0. The van der Waals surface area contributed by atoms with Crippen LogP contribution in [0, 0.1) is 0 Å². The van der Waals surface area contributed by atoms with E-state index in [9.17, 15) is 0 Å². The minimum atomic E-state index is -0.411. The van der Waals surface area contributed by atoms with Gasteiger partial charge in [-0.3, -0.25) is 0 Å². The molecule has 0 radical (unpaired) electrons. The molecule has 2 atom stereocenters. The number of aliphatic hydroxyl groups is 1. The van der Waals surface area contributed by atoms with Crippen molar-refractivity contribution in [3.05, 3.63) is 0 Å². The molecule has 0 spiro atoms. The second kappa shape index (κ2) is 8.10. The molecule has 0 aromatic carbocycles. The zero-order valence-corrected chi connectivity index (χ0v) is 12.0. The summed E-state index contributed by atoms with van der Waals surface area (Å²) in [5.74, 6) is 0. The van der Waals surface area contributed by atoms with Crippen LogP contribution >= 0.6 is 0 Å². The largest absolute Gasteiger partial charge is 0.394 e. The summed E-state index contributed by atoms with van der Waals surface area (Å²) in [5.41, 5.74) is 5.50. The first-order valence-corrected chi connectivity index (χ1v) is 7.31. The second-order valence-electron chi connectivity index (χ2n) is 5.80. The Kier molecular flexibility index (Phi) is 7.15. The molecule has 0 saturated carbocycles. The van der Waals surface area contributed by atoms with E-state index in [2.05, 4.69) is 11.8 Å². The third-order valence-electron chi connectivity index (χ3n) is 3.77. The van der Waals surface area contributed by atoms with Crippen molar-refractivity contribution in [1.82, 2.24) is 4.90 Å². The molecule has 3 N–H and O–H groups in total. The maximum absolute atomic E-state index is 9.09. The lowest BCUT2D eigenvalue weighted by Gasteiger charge is -2.25. The van der Waals surface area contributed by atoms with Crippen molar-refractivity contribution in [2.24, 2.45) is 5.73 Å². The van der Waals surface area contributed by atoms with Crippen molar-refractivity contribution < 1.29 is 9.84 Å². The van der Waals surface area contributed by atoms with Crippen molar-refractivity contribution >= 4 is 0 Å². The van der Waals surface area contributed by atoms with Gasteiger partial charge in [-0.2, -0.15) is 0 Å². The van der Waals surface area contributed by atoms with Gasteiger partial charge in [0.25, 0.3) is 0 Å². The van der Waals surface area contributed by atoms with Crippen LogP contribution in [0.1, 0.15) is 46.0 Å². The third-order valence-corrected chi connectivity index (χ3v) is 3.77. The van der Waals surface area contributed by atoms with Gasteiger partial charge >= 0.3 is 0 Å². The van der Waals surface area contributed by atoms with Crippen LogP contribution in [0.2, 0.25) is 0 Å². The van der Waals surface area contributed by atoms with Gasteiger partial charge in [-0.05, 0) is 45.7 Å². The molecule has 0 aromatic heterocycles. The standard InChI is InChI=1S/C14H30N2O2/c1-3-16(11-13-7-6-10-18-13)9-5-4-8-14(2,15)12-17/h13,17H,3-12,15H2,1-2H3. The van der Waals surface area contributed by atoms with Gasteiger partial charge in [0.2, 0.25) is 0 Å². The van der Waals surface area contributed by atoms with Gasteiger partial charge in [0, 0.05) is 18.7 Å². The van der Waals surface area contributed by atoms with E-state index in [1.807, 2.05) is 6.92 Å². The second-order valence-corrected chi connectivity index (χ2v) is 5.80. The number of unbranched alkanes of at least 4 members (excludes halogenated alkanes) is 1. The molecule has 4 heteroatoms. The Bertz CT molecular complexity index is 216. The Balaban J connectivity index is 2.11. The lowest BCUT2D eigenvalue weighted by atomic mass is 9.97. The molecular formula is C14H30N2O2. The lowest BCUT2D eigenvalue weighted by molar-refractivity contribution is 0.0739. The zero-order valence-electron chi connectivity index (χ0n) is 12.0. The molecule has 1 heterocycles. The molecule has 18 heavy (non-hydrogen) atoms. The molecule has 0 bridgehead atoms. The van der Waals surface area contributed by atoms with Crippen LogP contribution in [0.15, 0.2) is 0 Å². The number of ether oxygens (including phenoxy) is 1. The lowest BCUT2D eigenvalue weighted by Crippen LogP contribution is -2.40. The van der Waals surface area contributed by atoms with E-state index in [1.54, 1.807) is 0 Å². The molecule has 0 amide bonds. The van der Waals surface area contributed by atoms with E-state index < -0.39 is 5.54 Å². The minimum absolute atomic E-state index is 0.0698. The monoisotopic (exact) mass is 258 g/mol. The molecule has 0 aliphatic carbocycles. The summed E-state index contributed by atoms with van der Waals surface area (Å²) < 4.78 is 5.67. The zero-order chi connectivity index (χ0) is 13.4. The molecule has 4 nitrogen and oxygen atoms in total. The number of hydrogen-bond donors (Lipinski definition) is 2. The highest BCUT2D eigenvalue weighted by Gasteiger charge is 2.19. The predicted molar refractivity (Wildman–Crippen MR) is 74.6 cm³/mol. The van der Waals surface area contributed by atoms with Crippen molar-refractivity contribution in [2.45, 2.75) is 57.6 Å². The predicted octanol–water partition coefficient (Wildman–Crippen LogP) is 1.37. The Hall–Kier alpha value is -0.160. The fraction of sp³-hybridized carbons (Fsp3) is 1.00. The van der Waals surface area contributed by atoms with E-state index in [4.69, 9.17) is 15.6 Å². The molecule has 1 saturated heterocycles. The van der Waals surface area contributed by atoms with Crippen molar-refractivity contribution in [2.75, 3.05) is 32.8 Å². The first-order chi connectivity index (χ1) is 8.57. The van der Waals surface area contributed by atoms with E-state index >= 15 is 0 Å². The molecule has 1 rings (SSSR count). The van der Waals surface area contributed by atoms with Crippen molar-refractivity contribution in [3.63, 3.8) is 0 Å². The number of aliphatic hydroxyl groups excluding tert-OH is 1. The summed E-state index contributed by atoms with van der Waals surface area (Å²) in [6.45, 7) is 8.38. The highest BCUT2D eigenvalue weighted by Crippen LogP contribution is 2.14. The summed E-state index contributed by atoms with van der Waals surface area (Å²) in [5, 5.41) is 9.09. The van der Waals surface area contributed by atoms with E-state index in [0.29, 0.717) is 6.10 Å². The average molecular weight is 258 g/mol. The smallest absolute Gasteiger partial charge is 0.0702 e. The summed E-state index contributed by atoms with van der Waals surface area (Å²) in [4.78, 5) is 2.46. The van der Waals surface area contributed by atoms with Gasteiger partial charge < -0.3 is 20.5 Å². The van der Waals surface area contributed by atoms with Crippen LogP contribution in [-0.4, -0.2) is 54.5 Å². The minimum Gasteiger partial charge on any atom is -0.394 e. The number of rotatable bonds is 9. The fourth-order valence-corrected chi connectivity index (χ4v) is 2.40. The van der Waals surface area contributed by atoms with Crippen LogP contribution < -0.4 is 5.73 Å². The van der Waals surface area contributed by atoms with Gasteiger partial charge in [0.05, 0.1) is 12.7 Å². The molecule has 1 fully saturated rings. The highest BCUT2D eigenvalue weighted by molar-refractivity contribution is 4.77. The van der Waals surface area contributed by atoms with Crippen LogP contribution in [0.25, 0.3) is 0 Å². The van der Waals surface area contributed by atoms with Gasteiger partial charge in [0.1, 0.15) is 0 Å². The molecular weight excluding hydrogens is 228 g/mol. The van der Waals surface area contributed by atoms with Gasteiger partial charge in [-0.25, -0.2) is 0 Å².